The van der Waals surface area contributed by atoms with Gasteiger partial charge in [0, 0.05) is 18.7 Å². The van der Waals surface area contributed by atoms with E-state index in [1.165, 1.54) is 0 Å². The Kier molecular flexibility index (Phi) is 7.51. The monoisotopic (exact) mass is 436 g/mol. The van der Waals surface area contributed by atoms with Crippen molar-refractivity contribution in [1.29, 1.82) is 0 Å². The SMILES string of the molecule is Cc1nn(CC(C)C)c(C)c1CCC(=O)NNC(=O)C(C)Oc1ccc2ccccc2c1. The molecule has 2 aromatic carbocycles. The minimum absolute atomic E-state index is 0.258. The summed E-state index contributed by atoms with van der Waals surface area (Å²) >= 11 is 0. The third-order valence-electron chi connectivity index (χ3n) is 5.40. The van der Waals surface area contributed by atoms with Gasteiger partial charge in [0.1, 0.15) is 5.75 Å². The Labute approximate surface area is 189 Å². The first-order chi connectivity index (χ1) is 15.2. The topological polar surface area (TPSA) is 85.3 Å². The summed E-state index contributed by atoms with van der Waals surface area (Å²) in [7, 11) is 0. The molecule has 2 amide bonds. The Balaban J connectivity index is 1.48. The van der Waals surface area contributed by atoms with Crippen molar-refractivity contribution in [3.05, 3.63) is 59.4 Å². The molecule has 0 bridgehead atoms. The van der Waals surface area contributed by atoms with Gasteiger partial charge in [-0.25, -0.2) is 0 Å². The van der Waals surface area contributed by atoms with Crippen LogP contribution in [0.25, 0.3) is 10.8 Å². The molecule has 32 heavy (non-hydrogen) atoms. The van der Waals surface area contributed by atoms with Crippen molar-refractivity contribution in [2.24, 2.45) is 5.92 Å². The van der Waals surface area contributed by atoms with Crippen LogP contribution in [0.15, 0.2) is 42.5 Å². The molecule has 0 aliphatic heterocycles. The molecule has 1 heterocycles. The molecule has 3 rings (SSSR count). The van der Waals surface area contributed by atoms with E-state index in [1.807, 2.05) is 61.0 Å². The number of aryl methyl sites for hydroxylation is 1. The molecule has 0 aliphatic carbocycles. The normalized spacial score (nSPS) is 12.1. The molecule has 0 aliphatic rings. The third kappa shape index (κ3) is 5.87. The zero-order valence-corrected chi connectivity index (χ0v) is 19.4. The Morgan fingerprint density at radius 3 is 2.47 bits per heavy atom. The fourth-order valence-corrected chi connectivity index (χ4v) is 3.65. The molecule has 1 aromatic heterocycles. The molecule has 7 heteroatoms. The zero-order chi connectivity index (χ0) is 23.3. The summed E-state index contributed by atoms with van der Waals surface area (Å²) in [6.45, 7) is 10.8. The summed E-state index contributed by atoms with van der Waals surface area (Å²) in [5, 5.41) is 6.72. The van der Waals surface area contributed by atoms with Crippen LogP contribution in [0.1, 0.15) is 44.1 Å². The van der Waals surface area contributed by atoms with E-state index >= 15 is 0 Å². The minimum atomic E-state index is -0.754. The highest BCUT2D eigenvalue weighted by Gasteiger charge is 2.17. The molecule has 0 saturated carbocycles. The van der Waals surface area contributed by atoms with E-state index in [1.54, 1.807) is 6.92 Å². The number of hydrogen-bond acceptors (Lipinski definition) is 4. The van der Waals surface area contributed by atoms with E-state index in [0.717, 1.165) is 34.3 Å². The highest BCUT2D eigenvalue weighted by Crippen LogP contribution is 2.21. The lowest BCUT2D eigenvalue weighted by Gasteiger charge is -2.15. The second-order valence-corrected chi connectivity index (χ2v) is 8.53. The second kappa shape index (κ2) is 10.3. The standard InChI is InChI=1S/C25H32N4O3/c1-16(2)15-29-18(4)23(17(3)28-29)12-13-24(30)26-27-25(31)19(5)32-22-11-10-20-8-6-7-9-21(20)14-22/h6-11,14,16,19H,12-13,15H2,1-5H3,(H,26,30)(H,27,31). The number of nitrogens with zero attached hydrogens (tertiary/aromatic N) is 2. The Morgan fingerprint density at radius 2 is 1.75 bits per heavy atom. The van der Waals surface area contributed by atoms with Crippen molar-refractivity contribution >= 4 is 22.6 Å². The number of hydrogen-bond donors (Lipinski definition) is 2. The third-order valence-corrected chi connectivity index (χ3v) is 5.40. The number of ether oxygens (including phenoxy) is 1. The maximum absolute atomic E-state index is 12.3. The van der Waals surface area contributed by atoms with Crippen LogP contribution in [0.3, 0.4) is 0 Å². The fraction of sp³-hybridized carbons (Fsp3) is 0.400. The first-order valence-corrected chi connectivity index (χ1v) is 11.0. The molecule has 3 aromatic rings. The summed E-state index contributed by atoms with van der Waals surface area (Å²) < 4.78 is 7.74. The minimum Gasteiger partial charge on any atom is -0.481 e. The molecule has 0 saturated heterocycles. The molecule has 7 nitrogen and oxygen atoms in total. The van der Waals surface area contributed by atoms with Gasteiger partial charge in [-0.1, -0.05) is 44.2 Å². The van der Waals surface area contributed by atoms with Gasteiger partial charge in [0.05, 0.1) is 5.69 Å². The van der Waals surface area contributed by atoms with Crippen molar-refractivity contribution in [3.8, 4) is 5.75 Å². The summed E-state index contributed by atoms with van der Waals surface area (Å²) in [6.07, 6.45) is 0.0748. The van der Waals surface area contributed by atoms with E-state index < -0.39 is 12.0 Å². The van der Waals surface area contributed by atoms with Crippen molar-refractivity contribution in [2.75, 3.05) is 0 Å². The molecule has 0 spiro atoms. The summed E-state index contributed by atoms with van der Waals surface area (Å²) in [6, 6.07) is 13.6. The number of carbonyl (C=O) groups excluding carboxylic acids is 2. The number of nitrogens with one attached hydrogen (secondary N) is 2. The lowest BCUT2D eigenvalue weighted by atomic mass is 10.1. The zero-order valence-electron chi connectivity index (χ0n) is 19.4. The van der Waals surface area contributed by atoms with Crippen LogP contribution in [0.5, 0.6) is 5.75 Å². The number of rotatable bonds is 8. The average Bonchev–Trinajstić information content (AvgIpc) is 3.02. The van der Waals surface area contributed by atoms with Gasteiger partial charge in [0.25, 0.3) is 5.91 Å². The second-order valence-electron chi connectivity index (χ2n) is 8.53. The predicted molar refractivity (Wildman–Crippen MR) is 125 cm³/mol. The predicted octanol–water partition coefficient (Wildman–Crippen LogP) is 3.86. The maximum Gasteiger partial charge on any atom is 0.279 e. The Morgan fingerprint density at radius 1 is 1.03 bits per heavy atom. The van der Waals surface area contributed by atoms with Gasteiger partial charge in [0.15, 0.2) is 6.10 Å². The van der Waals surface area contributed by atoms with E-state index in [9.17, 15) is 9.59 Å². The van der Waals surface area contributed by atoms with Gasteiger partial charge in [-0.3, -0.25) is 25.1 Å². The summed E-state index contributed by atoms with van der Waals surface area (Å²) in [4.78, 5) is 24.6. The molecule has 170 valence electrons. The first-order valence-electron chi connectivity index (χ1n) is 11.0. The van der Waals surface area contributed by atoms with E-state index in [0.29, 0.717) is 18.1 Å². The molecule has 0 radical (unpaired) electrons. The van der Waals surface area contributed by atoms with Gasteiger partial charge >= 0.3 is 0 Å². The van der Waals surface area contributed by atoms with E-state index in [4.69, 9.17) is 4.74 Å². The van der Waals surface area contributed by atoms with E-state index in [2.05, 4.69) is 29.8 Å². The van der Waals surface area contributed by atoms with Crippen LogP contribution in [-0.4, -0.2) is 27.7 Å². The van der Waals surface area contributed by atoms with Crippen LogP contribution in [-0.2, 0) is 22.6 Å². The van der Waals surface area contributed by atoms with Crippen LogP contribution in [0.2, 0.25) is 0 Å². The molecule has 2 N–H and O–H groups in total. The number of amides is 2. The lowest BCUT2D eigenvalue weighted by molar-refractivity contribution is -0.132. The molecule has 1 unspecified atom stereocenters. The molecule has 0 fully saturated rings. The number of benzene rings is 2. The highest BCUT2D eigenvalue weighted by atomic mass is 16.5. The average molecular weight is 437 g/mol. The Bertz CT molecular complexity index is 1100. The molecule has 1 atom stereocenters. The number of carbonyl (C=O) groups is 2. The van der Waals surface area contributed by atoms with Crippen molar-refractivity contribution < 1.29 is 14.3 Å². The first kappa shape index (κ1) is 23.3. The highest BCUT2D eigenvalue weighted by molar-refractivity contribution is 5.86. The van der Waals surface area contributed by atoms with Crippen LogP contribution in [0.4, 0.5) is 0 Å². The Hall–Kier alpha value is -3.35. The van der Waals surface area contributed by atoms with Crippen LogP contribution in [0, 0.1) is 19.8 Å². The quantitative estimate of drug-likeness (QED) is 0.525. The van der Waals surface area contributed by atoms with Gasteiger partial charge < -0.3 is 4.74 Å². The van der Waals surface area contributed by atoms with Gasteiger partial charge in [0.2, 0.25) is 5.91 Å². The number of aromatic nitrogens is 2. The summed E-state index contributed by atoms with van der Waals surface area (Å²) in [5.74, 6) is 0.426. The van der Waals surface area contributed by atoms with Crippen molar-refractivity contribution in [3.63, 3.8) is 0 Å². The number of fused-ring (bicyclic) bond motifs is 1. The van der Waals surface area contributed by atoms with Gasteiger partial charge in [-0.05, 0) is 61.6 Å². The molecular formula is C25H32N4O3. The van der Waals surface area contributed by atoms with Crippen LogP contribution < -0.4 is 15.6 Å². The summed E-state index contributed by atoms with van der Waals surface area (Å²) in [5.41, 5.74) is 8.05. The lowest BCUT2D eigenvalue weighted by Crippen LogP contribution is -2.47. The molecular weight excluding hydrogens is 404 g/mol. The van der Waals surface area contributed by atoms with E-state index in [-0.39, 0.29) is 12.3 Å². The fourth-order valence-electron chi connectivity index (χ4n) is 3.65. The van der Waals surface area contributed by atoms with Crippen molar-refractivity contribution in [2.45, 2.75) is 60.1 Å². The van der Waals surface area contributed by atoms with Gasteiger partial charge in [-0.2, -0.15) is 5.10 Å². The smallest absolute Gasteiger partial charge is 0.279 e. The van der Waals surface area contributed by atoms with Crippen LogP contribution >= 0.6 is 0 Å². The van der Waals surface area contributed by atoms with Gasteiger partial charge in [-0.15, -0.1) is 0 Å². The number of hydrazine groups is 1. The maximum atomic E-state index is 12.3. The van der Waals surface area contributed by atoms with Crippen molar-refractivity contribution in [1.82, 2.24) is 20.6 Å². The largest absolute Gasteiger partial charge is 0.481 e.